The average Bonchev–Trinajstić information content (AvgIpc) is 2.84. The molecule has 0 radical (unpaired) electrons. The van der Waals surface area contributed by atoms with Crippen LogP contribution >= 0.6 is 0 Å². The quantitative estimate of drug-likeness (QED) is 0.0387. The second-order valence-corrected chi connectivity index (χ2v) is 8.73. The summed E-state index contributed by atoms with van der Waals surface area (Å²) in [6, 6.07) is -5.75. The Balaban J connectivity index is 5.33. The number of carbonyl (C=O) groups excluding carboxylic acids is 5. The maximum Gasteiger partial charge on any atom is 0.326 e. The Morgan fingerprint density at radius 1 is 0.756 bits per heavy atom. The normalized spacial score (nSPS) is 13.2. The van der Waals surface area contributed by atoms with Crippen molar-refractivity contribution in [3.8, 4) is 0 Å². The number of nitrogens with two attached hydrogens (primary N) is 1. The fraction of sp³-hybridized carbons (Fsp3) is 0.591. The van der Waals surface area contributed by atoms with Gasteiger partial charge in [-0.1, -0.05) is 0 Å². The van der Waals surface area contributed by atoms with Crippen molar-refractivity contribution < 1.29 is 53.7 Å². The van der Waals surface area contributed by atoms with Gasteiger partial charge in [-0.25, -0.2) is 4.79 Å². The molecule has 0 heterocycles. The lowest BCUT2D eigenvalue weighted by Crippen LogP contribution is -2.57. The van der Waals surface area contributed by atoms with Gasteiger partial charge in [-0.2, -0.15) is 0 Å². The van der Waals surface area contributed by atoms with Crippen molar-refractivity contribution in [3.63, 3.8) is 0 Å². The van der Waals surface area contributed by atoms with Gasteiger partial charge in [-0.3, -0.25) is 39.0 Å². The van der Waals surface area contributed by atoms with Crippen LogP contribution in [0, 0.1) is 5.41 Å². The molecular formula is C22H36N8O11. The van der Waals surface area contributed by atoms with E-state index in [0.717, 1.165) is 6.92 Å². The minimum atomic E-state index is -1.77. The number of carbonyl (C=O) groups is 8. The third-order valence-electron chi connectivity index (χ3n) is 5.15. The molecule has 19 nitrogen and oxygen atoms in total. The highest BCUT2D eigenvalue weighted by molar-refractivity contribution is 5.96. The minimum absolute atomic E-state index is 0.0446. The van der Waals surface area contributed by atoms with Gasteiger partial charge in [0.1, 0.15) is 24.2 Å². The zero-order valence-corrected chi connectivity index (χ0v) is 22.4. The molecule has 0 aliphatic heterocycles. The molecule has 230 valence electrons. The van der Waals surface area contributed by atoms with Crippen molar-refractivity contribution in [2.75, 3.05) is 13.1 Å². The summed E-state index contributed by atoms with van der Waals surface area (Å²) in [5, 5.41) is 47.8. The molecule has 0 saturated heterocycles. The Bertz CT molecular complexity index is 1020. The van der Waals surface area contributed by atoms with Gasteiger partial charge in [0.2, 0.25) is 29.5 Å². The molecule has 12 N–H and O–H groups in total. The molecule has 0 rings (SSSR count). The number of carboxylic acids is 3. The molecule has 0 aliphatic rings. The Morgan fingerprint density at radius 3 is 1.88 bits per heavy atom. The molecule has 0 fully saturated rings. The highest BCUT2D eigenvalue weighted by Crippen LogP contribution is 2.03. The summed E-state index contributed by atoms with van der Waals surface area (Å²) in [4.78, 5) is 94.8. The van der Waals surface area contributed by atoms with Gasteiger partial charge in [-0.05, 0) is 26.2 Å². The zero-order valence-electron chi connectivity index (χ0n) is 22.4. The van der Waals surface area contributed by atoms with Crippen LogP contribution in [0.3, 0.4) is 0 Å². The van der Waals surface area contributed by atoms with Gasteiger partial charge in [0, 0.05) is 19.9 Å². The highest BCUT2D eigenvalue weighted by atomic mass is 16.4. The lowest BCUT2D eigenvalue weighted by molar-refractivity contribution is -0.143. The fourth-order valence-electron chi connectivity index (χ4n) is 3.18. The summed E-state index contributed by atoms with van der Waals surface area (Å²) < 4.78 is 0. The summed E-state index contributed by atoms with van der Waals surface area (Å²) in [5.41, 5.74) is 5.12. The zero-order chi connectivity index (χ0) is 31.7. The van der Waals surface area contributed by atoms with Crippen LogP contribution in [0.1, 0.15) is 46.0 Å². The molecule has 5 amide bonds. The van der Waals surface area contributed by atoms with E-state index in [4.69, 9.17) is 21.4 Å². The number of hydrogen-bond acceptors (Lipinski definition) is 9. The van der Waals surface area contributed by atoms with Crippen LogP contribution in [0.25, 0.3) is 0 Å². The molecule has 0 aromatic rings. The second-order valence-electron chi connectivity index (χ2n) is 8.73. The van der Waals surface area contributed by atoms with Crippen LogP contribution in [0.15, 0.2) is 0 Å². The maximum atomic E-state index is 12.8. The molecule has 0 aliphatic carbocycles. The summed E-state index contributed by atoms with van der Waals surface area (Å²) in [6.45, 7) is 1.83. The van der Waals surface area contributed by atoms with Crippen LogP contribution in [0.4, 0.5) is 0 Å². The SMILES string of the molecule is CC(=O)N[C@@H](C)C(=O)N[C@@H](CCC(=O)O)C(=O)N[C@@H](CC(=O)O)C(=O)NCC(=O)N[C@@H](CCCNC(=N)N)C(=O)O. The summed E-state index contributed by atoms with van der Waals surface area (Å²) in [7, 11) is 0. The predicted octanol–water partition coefficient (Wildman–Crippen LogP) is -4.23. The van der Waals surface area contributed by atoms with Crippen LogP contribution in [0.5, 0.6) is 0 Å². The molecule has 0 saturated carbocycles. The predicted molar refractivity (Wildman–Crippen MR) is 138 cm³/mol. The Hall–Kier alpha value is -4.97. The van der Waals surface area contributed by atoms with Crippen molar-refractivity contribution in [3.05, 3.63) is 0 Å². The molecule has 19 heteroatoms. The summed E-state index contributed by atoms with van der Waals surface area (Å²) >= 11 is 0. The first kappa shape index (κ1) is 36.0. The smallest absolute Gasteiger partial charge is 0.326 e. The third kappa shape index (κ3) is 16.6. The van der Waals surface area contributed by atoms with Crippen molar-refractivity contribution in [1.82, 2.24) is 31.9 Å². The van der Waals surface area contributed by atoms with Gasteiger partial charge < -0.3 is 53.0 Å². The highest BCUT2D eigenvalue weighted by Gasteiger charge is 2.30. The van der Waals surface area contributed by atoms with Crippen LogP contribution in [0.2, 0.25) is 0 Å². The Labute approximate surface area is 233 Å². The number of nitrogens with one attached hydrogen (secondary N) is 7. The van der Waals surface area contributed by atoms with Gasteiger partial charge in [0.25, 0.3) is 0 Å². The monoisotopic (exact) mass is 588 g/mol. The van der Waals surface area contributed by atoms with E-state index >= 15 is 0 Å². The van der Waals surface area contributed by atoms with Crippen LogP contribution in [-0.4, -0.2) is 106 Å². The summed E-state index contributed by atoms with van der Waals surface area (Å²) in [6.07, 6.45) is -1.81. The van der Waals surface area contributed by atoms with Gasteiger partial charge in [0.15, 0.2) is 5.96 Å². The molecule has 0 aromatic heterocycles. The topological polar surface area (TPSA) is 319 Å². The van der Waals surface area contributed by atoms with E-state index in [-0.39, 0.29) is 25.3 Å². The van der Waals surface area contributed by atoms with E-state index in [9.17, 15) is 43.5 Å². The molecule has 0 unspecified atom stereocenters. The van der Waals surface area contributed by atoms with E-state index in [1.807, 2.05) is 0 Å². The lowest BCUT2D eigenvalue weighted by atomic mass is 10.1. The number of amides is 5. The van der Waals surface area contributed by atoms with Gasteiger partial charge >= 0.3 is 17.9 Å². The van der Waals surface area contributed by atoms with E-state index in [1.54, 1.807) is 0 Å². The average molecular weight is 589 g/mol. The molecule has 0 aromatic carbocycles. The molecule has 4 atom stereocenters. The maximum absolute atomic E-state index is 12.8. The Kier molecular flexibility index (Phi) is 16.1. The minimum Gasteiger partial charge on any atom is -0.481 e. The van der Waals surface area contributed by atoms with Crippen LogP contribution in [-0.2, 0) is 38.4 Å². The second kappa shape index (κ2) is 18.3. The van der Waals surface area contributed by atoms with Crippen LogP contribution < -0.4 is 37.6 Å². The van der Waals surface area contributed by atoms with Crippen molar-refractivity contribution in [2.24, 2.45) is 5.73 Å². The van der Waals surface area contributed by atoms with E-state index in [2.05, 4.69) is 31.9 Å². The lowest BCUT2D eigenvalue weighted by Gasteiger charge is -2.23. The number of aliphatic carboxylic acids is 3. The molecule has 0 bridgehead atoms. The van der Waals surface area contributed by atoms with E-state index < -0.39 is 97.4 Å². The number of hydrogen-bond donors (Lipinski definition) is 11. The van der Waals surface area contributed by atoms with Crippen molar-refractivity contribution in [2.45, 2.75) is 70.1 Å². The molecule has 0 spiro atoms. The first-order chi connectivity index (χ1) is 19.0. The number of guanidine groups is 1. The molecule has 41 heavy (non-hydrogen) atoms. The Morgan fingerprint density at radius 2 is 1.37 bits per heavy atom. The fourth-order valence-corrected chi connectivity index (χ4v) is 3.18. The third-order valence-corrected chi connectivity index (χ3v) is 5.15. The van der Waals surface area contributed by atoms with Crippen molar-refractivity contribution >= 4 is 53.4 Å². The summed E-state index contributed by atoms with van der Waals surface area (Å²) in [5.74, 6) is -9.11. The van der Waals surface area contributed by atoms with Crippen molar-refractivity contribution in [1.29, 1.82) is 5.41 Å². The molecular weight excluding hydrogens is 552 g/mol. The van der Waals surface area contributed by atoms with E-state index in [1.165, 1.54) is 6.92 Å². The first-order valence-electron chi connectivity index (χ1n) is 12.2. The standard InChI is InChI=1S/C22H36N8O11/c1-10(27-11(2)31)18(37)29-12(5-6-16(33)34)20(39)30-14(8-17(35)36)19(38)26-9-15(32)28-13(21(40)41)4-3-7-25-22(23)24/h10,12-14H,3-9H2,1-2H3,(H,26,38)(H,27,31)(H,28,32)(H,29,37)(H,30,39)(H,33,34)(H,35,36)(H,40,41)(H4,23,24,25)/t10-,12-,13-,14-/m0/s1. The van der Waals surface area contributed by atoms with E-state index in [0.29, 0.717) is 0 Å². The number of carboxylic acid groups (broad SMARTS) is 3. The number of rotatable bonds is 19. The van der Waals surface area contributed by atoms with Gasteiger partial charge in [0.05, 0.1) is 13.0 Å². The first-order valence-corrected chi connectivity index (χ1v) is 12.2. The van der Waals surface area contributed by atoms with Gasteiger partial charge in [-0.15, -0.1) is 0 Å². The largest absolute Gasteiger partial charge is 0.481 e.